The molecule has 2 unspecified atom stereocenters. The quantitative estimate of drug-likeness (QED) is 0.477. The molecule has 2 aliphatic rings. The molecular weight excluding hydrogens is 128 g/mol. The van der Waals surface area contributed by atoms with E-state index in [0.29, 0.717) is 11.8 Å². The average Bonchev–Trinajstić information content (AvgIpc) is 1.85. The second kappa shape index (κ2) is 2.49. The molecule has 2 atom stereocenters. The predicted octanol–water partition coefficient (Wildman–Crippen LogP) is -0.172. The van der Waals surface area contributed by atoms with E-state index < -0.39 is 0 Å². The molecule has 0 amide bonds. The molecule has 0 aromatic heterocycles. The van der Waals surface area contributed by atoms with Gasteiger partial charge < -0.3 is 4.74 Å². The van der Waals surface area contributed by atoms with Crippen LogP contribution in [0, 0.1) is 11.8 Å². The molecule has 2 bridgehead atoms. The zero-order chi connectivity index (χ0) is 6.97. The second-order valence-corrected chi connectivity index (χ2v) is 3.46. The van der Waals surface area contributed by atoms with Gasteiger partial charge in [0.25, 0.3) is 0 Å². The molecule has 2 N–H and O–H groups in total. The number of nitrogens with zero attached hydrogens (tertiary/aromatic N) is 1. The van der Waals surface area contributed by atoms with Gasteiger partial charge in [0.1, 0.15) is 0 Å². The van der Waals surface area contributed by atoms with Crippen molar-refractivity contribution < 1.29 is 4.74 Å². The molecule has 0 spiro atoms. The summed E-state index contributed by atoms with van der Waals surface area (Å²) in [5, 5.41) is 1.93. The first-order valence-electron chi connectivity index (χ1n) is 3.92. The summed E-state index contributed by atoms with van der Waals surface area (Å²) in [4.78, 5) is 0. The molecule has 0 aromatic carbocycles. The van der Waals surface area contributed by atoms with Crippen LogP contribution in [0.1, 0.15) is 6.42 Å². The summed E-state index contributed by atoms with van der Waals surface area (Å²) in [6.07, 6.45) is 1.33. The lowest BCUT2D eigenvalue weighted by Crippen LogP contribution is -2.49. The first-order chi connectivity index (χ1) is 4.84. The maximum absolute atomic E-state index is 5.70. The lowest BCUT2D eigenvalue weighted by atomic mass is 9.89. The highest BCUT2D eigenvalue weighted by molar-refractivity contribution is 4.79. The first-order valence-corrected chi connectivity index (χ1v) is 3.92. The van der Waals surface area contributed by atoms with Gasteiger partial charge in [0.2, 0.25) is 0 Å². The SMILES string of the molecule is NN1CC2COCC(C2)C1. The van der Waals surface area contributed by atoms with Crippen molar-refractivity contribution in [2.45, 2.75) is 6.42 Å². The van der Waals surface area contributed by atoms with Gasteiger partial charge in [0.05, 0.1) is 13.2 Å². The Hall–Kier alpha value is -0.120. The number of rotatable bonds is 0. The molecule has 0 saturated carbocycles. The molecule has 2 heterocycles. The van der Waals surface area contributed by atoms with Crippen LogP contribution in [-0.4, -0.2) is 31.3 Å². The van der Waals surface area contributed by atoms with Gasteiger partial charge in [0.15, 0.2) is 0 Å². The van der Waals surface area contributed by atoms with E-state index in [1.165, 1.54) is 6.42 Å². The van der Waals surface area contributed by atoms with Gasteiger partial charge in [-0.25, -0.2) is 5.01 Å². The van der Waals surface area contributed by atoms with Crippen LogP contribution >= 0.6 is 0 Å². The maximum Gasteiger partial charge on any atom is 0.0507 e. The van der Waals surface area contributed by atoms with E-state index in [4.69, 9.17) is 10.6 Å². The molecule has 10 heavy (non-hydrogen) atoms. The highest BCUT2D eigenvalue weighted by Crippen LogP contribution is 2.24. The van der Waals surface area contributed by atoms with E-state index in [9.17, 15) is 0 Å². The second-order valence-electron chi connectivity index (χ2n) is 3.46. The van der Waals surface area contributed by atoms with Gasteiger partial charge >= 0.3 is 0 Å². The third-order valence-corrected chi connectivity index (χ3v) is 2.36. The average molecular weight is 142 g/mol. The van der Waals surface area contributed by atoms with Gasteiger partial charge in [-0.2, -0.15) is 0 Å². The summed E-state index contributed by atoms with van der Waals surface area (Å²) in [6.45, 7) is 3.89. The molecule has 3 nitrogen and oxygen atoms in total. The number of fused-ring (bicyclic) bond motifs is 2. The van der Waals surface area contributed by atoms with Gasteiger partial charge in [-0.05, 0) is 18.3 Å². The van der Waals surface area contributed by atoms with Crippen molar-refractivity contribution in [1.29, 1.82) is 0 Å². The highest BCUT2D eigenvalue weighted by atomic mass is 16.5. The molecule has 0 aromatic rings. The summed E-state index contributed by atoms with van der Waals surface area (Å²) in [7, 11) is 0. The van der Waals surface area contributed by atoms with Crippen LogP contribution in [0.3, 0.4) is 0 Å². The van der Waals surface area contributed by atoms with Crippen molar-refractivity contribution in [3.05, 3.63) is 0 Å². The Morgan fingerprint density at radius 1 is 1.20 bits per heavy atom. The highest BCUT2D eigenvalue weighted by Gasteiger charge is 2.29. The Morgan fingerprint density at radius 2 is 1.80 bits per heavy atom. The minimum Gasteiger partial charge on any atom is -0.381 e. The van der Waals surface area contributed by atoms with Gasteiger partial charge in [-0.1, -0.05) is 0 Å². The molecule has 0 aliphatic carbocycles. The standard InChI is InChI=1S/C7H14N2O/c8-9-2-6-1-7(3-9)5-10-4-6/h6-7H,1-5,8H2. The fraction of sp³-hybridized carbons (Fsp3) is 1.00. The predicted molar refractivity (Wildman–Crippen MR) is 38.2 cm³/mol. The third-order valence-electron chi connectivity index (χ3n) is 2.36. The smallest absolute Gasteiger partial charge is 0.0507 e. The van der Waals surface area contributed by atoms with Crippen molar-refractivity contribution in [1.82, 2.24) is 5.01 Å². The van der Waals surface area contributed by atoms with Gasteiger partial charge in [-0.3, -0.25) is 5.84 Å². The summed E-state index contributed by atoms with van der Waals surface area (Å²) < 4.78 is 5.40. The van der Waals surface area contributed by atoms with Crippen molar-refractivity contribution >= 4 is 0 Å². The number of hydrogen-bond donors (Lipinski definition) is 1. The Labute approximate surface area is 61.1 Å². The summed E-state index contributed by atoms with van der Waals surface area (Å²) in [5.74, 6) is 7.11. The Kier molecular flexibility index (Phi) is 1.64. The number of hydrogen-bond acceptors (Lipinski definition) is 3. The zero-order valence-electron chi connectivity index (χ0n) is 6.12. The van der Waals surface area contributed by atoms with Crippen molar-refractivity contribution in [3.63, 3.8) is 0 Å². The molecule has 2 rings (SSSR count). The maximum atomic E-state index is 5.70. The fourth-order valence-corrected chi connectivity index (χ4v) is 2.00. The molecule has 0 radical (unpaired) electrons. The lowest BCUT2D eigenvalue weighted by molar-refractivity contribution is -0.0406. The van der Waals surface area contributed by atoms with Crippen molar-refractivity contribution in [2.75, 3.05) is 26.3 Å². The summed E-state index contributed by atoms with van der Waals surface area (Å²) in [6, 6.07) is 0. The van der Waals surface area contributed by atoms with Gasteiger partial charge in [0, 0.05) is 13.1 Å². The normalized spacial score (nSPS) is 41.7. The molecular formula is C7H14N2O. The van der Waals surface area contributed by atoms with Gasteiger partial charge in [-0.15, -0.1) is 0 Å². The minimum absolute atomic E-state index is 0.706. The Bertz CT molecular complexity index is 113. The monoisotopic (exact) mass is 142 g/mol. The zero-order valence-corrected chi connectivity index (χ0v) is 6.12. The van der Waals surface area contributed by atoms with E-state index in [-0.39, 0.29) is 0 Å². The number of piperidine rings is 1. The molecule has 3 heteroatoms. The largest absolute Gasteiger partial charge is 0.381 e. The van der Waals surface area contributed by atoms with E-state index in [1.807, 2.05) is 5.01 Å². The van der Waals surface area contributed by atoms with Crippen LogP contribution in [0.4, 0.5) is 0 Å². The van der Waals surface area contributed by atoms with Crippen LogP contribution in [-0.2, 0) is 4.74 Å². The van der Waals surface area contributed by atoms with E-state index >= 15 is 0 Å². The first kappa shape index (κ1) is 6.58. The van der Waals surface area contributed by atoms with Crippen molar-refractivity contribution in [3.8, 4) is 0 Å². The number of nitrogens with two attached hydrogens (primary N) is 1. The van der Waals surface area contributed by atoms with Crippen LogP contribution in [0.2, 0.25) is 0 Å². The lowest BCUT2D eigenvalue weighted by Gasteiger charge is -2.38. The molecule has 2 saturated heterocycles. The van der Waals surface area contributed by atoms with E-state index in [1.54, 1.807) is 0 Å². The Morgan fingerprint density at radius 3 is 2.40 bits per heavy atom. The van der Waals surface area contributed by atoms with Crippen LogP contribution < -0.4 is 5.84 Å². The van der Waals surface area contributed by atoms with E-state index in [2.05, 4.69) is 0 Å². The molecule has 2 aliphatic heterocycles. The molecule has 58 valence electrons. The Balaban J connectivity index is 1.98. The van der Waals surface area contributed by atoms with Crippen LogP contribution in [0.25, 0.3) is 0 Å². The van der Waals surface area contributed by atoms with Crippen LogP contribution in [0.15, 0.2) is 0 Å². The third kappa shape index (κ3) is 1.17. The fourth-order valence-electron chi connectivity index (χ4n) is 2.00. The molecule has 2 fully saturated rings. The topological polar surface area (TPSA) is 38.5 Å². The summed E-state index contributed by atoms with van der Waals surface area (Å²) in [5.41, 5.74) is 0. The van der Waals surface area contributed by atoms with E-state index in [0.717, 1.165) is 26.3 Å². The summed E-state index contributed by atoms with van der Waals surface area (Å²) >= 11 is 0. The number of hydrazine groups is 1. The van der Waals surface area contributed by atoms with Crippen LogP contribution in [0.5, 0.6) is 0 Å². The number of ether oxygens (including phenoxy) is 1. The minimum atomic E-state index is 0.706. The van der Waals surface area contributed by atoms with Crippen molar-refractivity contribution in [2.24, 2.45) is 17.7 Å².